The van der Waals surface area contributed by atoms with Crippen LogP contribution >= 0.6 is 0 Å². The lowest BCUT2D eigenvalue weighted by Gasteiger charge is -2.56. The first-order valence-electron chi connectivity index (χ1n) is 9.51. The van der Waals surface area contributed by atoms with Crippen LogP contribution in [0.4, 0.5) is 0 Å². The zero-order valence-corrected chi connectivity index (χ0v) is 14.4. The Morgan fingerprint density at radius 3 is 2.77 bits per heavy atom. The molecule has 5 atom stereocenters. The van der Waals surface area contributed by atoms with E-state index in [1.54, 1.807) is 18.4 Å². The highest BCUT2D eigenvalue weighted by molar-refractivity contribution is 5.36. The Bertz CT molecular complexity index is 566. The Morgan fingerprint density at radius 1 is 1.18 bits per heavy atom. The van der Waals surface area contributed by atoms with Gasteiger partial charge in [-0.15, -0.1) is 0 Å². The zero-order valence-electron chi connectivity index (χ0n) is 14.4. The summed E-state index contributed by atoms with van der Waals surface area (Å²) in [6.45, 7) is 5.22. The highest BCUT2D eigenvalue weighted by atomic mass is 16.5. The lowest BCUT2D eigenvalue weighted by molar-refractivity contribution is -0.0232. The van der Waals surface area contributed by atoms with E-state index in [1.165, 1.54) is 31.4 Å². The van der Waals surface area contributed by atoms with E-state index in [1.807, 2.05) is 7.11 Å². The van der Waals surface area contributed by atoms with Gasteiger partial charge in [0.05, 0.1) is 12.9 Å². The summed E-state index contributed by atoms with van der Waals surface area (Å²) in [4.78, 5) is 0. The first-order chi connectivity index (χ1) is 10.6. The van der Waals surface area contributed by atoms with Gasteiger partial charge in [0.15, 0.2) is 0 Å². The second-order valence-electron chi connectivity index (χ2n) is 9.40. The molecule has 22 heavy (non-hydrogen) atoms. The minimum Gasteiger partial charge on any atom is -0.501 e. The Kier molecular flexibility index (Phi) is 2.63. The molecule has 1 heteroatoms. The van der Waals surface area contributed by atoms with Gasteiger partial charge in [-0.3, -0.25) is 0 Å². The van der Waals surface area contributed by atoms with Crippen molar-refractivity contribution in [1.29, 1.82) is 0 Å². The number of ether oxygens (including phenoxy) is 1. The van der Waals surface area contributed by atoms with Crippen molar-refractivity contribution in [1.82, 2.24) is 0 Å². The third-order valence-corrected chi connectivity index (χ3v) is 8.91. The third kappa shape index (κ3) is 1.47. The van der Waals surface area contributed by atoms with E-state index in [9.17, 15) is 0 Å². The summed E-state index contributed by atoms with van der Waals surface area (Å²) in [6.07, 6.45) is 14.9. The van der Waals surface area contributed by atoms with Gasteiger partial charge in [-0.05, 0) is 90.6 Å². The third-order valence-electron chi connectivity index (χ3n) is 8.91. The van der Waals surface area contributed by atoms with Crippen molar-refractivity contribution in [2.24, 2.45) is 40.4 Å². The number of allylic oxidation sites excluding steroid dienone is 4. The monoisotopic (exact) mass is 298 g/mol. The van der Waals surface area contributed by atoms with Crippen LogP contribution in [0.15, 0.2) is 23.5 Å². The fourth-order valence-corrected chi connectivity index (χ4v) is 7.60. The summed E-state index contributed by atoms with van der Waals surface area (Å²) in [7, 11) is 1.83. The zero-order chi connectivity index (χ0) is 15.1. The maximum atomic E-state index is 5.55. The topological polar surface area (TPSA) is 9.23 Å². The molecule has 0 N–H and O–H groups in total. The van der Waals surface area contributed by atoms with Crippen LogP contribution in [0.2, 0.25) is 0 Å². The summed E-state index contributed by atoms with van der Waals surface area (Å²) in [6, 6.07) is 0. The lowest BCUT2D eigenvalue weighted by Crippen LogP contribution is -2.48. The highest BCUT2D eigenvalue weighted by Gasteiger charge is 2.65. The molecule has 0 aromatic carbocycles. The van der Waals surface area contributed by atoms with Crippen molar-refractivity contribution in [2.75, 3.05) is 7.11 Å². The van der Waals surface area contributed by atoms with Crippen LogP contribution in [0, 0.1) is 40.4 Å². The van der Waals surface area contributed by atoms with Gasteiger partial charge in [-0.25, -0.2) is 0 Å². The Hall–Kier alpha value is -0.720. The van der Waals surface area contributed by atoms with Crippen LogP contribution in [0.1, 0.15) is 58.8 Å². The molecular weight excluding hydrogens is 268 g/mol. The minimum atomic E-state index is 0.430. The molecule has 0 heterocycles. The van der Waals surface area contributed by atoms with Crippen molar-refractivity contribution in [3.63, 3.8) is 0 Å². The molecule has 6 aliphatic carbocycles. The van der Waals surface area contributed by atoms with Crippen molar-refractivity contribution in [3.05, 3.63) is 23.5 Å². The minimum absolute atomic E-state index is 0.430. The van der Waals surface area contributed by atoms with Crippen LogP contribution in [-0.4, -0.2) is 7.11 Å². The van der Waals surface area contributed by atoms with E-state index in [0.717, 1.165) is 36.0 Å². The van der Waals surface area contributed by atoms with E-state index in [0.29, 0.717) is 10.8 Å². The molecule has 0 aromatic heterocycles. The molecule has 0 aliphatic heterocycles. The van der Waals surface area contributed by atoms with E-state index < -0.39 is 0 Å². The fraction of sp³-hybridized carbons (Fsp3) is 0.810. The molecule has 2 bridgehead atoms. The van der Waals surface area contributed by atoms with Gasteiger partial charge in [0.25, 0.3) is 0 Å². The molecular formula is C21H30O. The second kappa shape index (κ2) is 4.22. The van der Waals surface area contributed by atoms with Crippen molar-refractivity contribution in [3.8, 4) is 0 Å². The number of methoxy groups -OCH3 is 1. The van der Waals surface area contributed by atoms with Gasteiger partial charge in [-0.2, -0.15) is 0 Å². The van der Waals surface area contributed by atoms with E-state index in [2.05, 4.69) is 26.0 Å². The first kappa shape index (κ1) is 13.7. The molecule has 0 saturated heterocycles. The molecule has 0 radical (unpaired) electrons. The molecule has 0 spiro atoms. The normalized spacial score (nSPS) is 55.1. The van der Waals surface area contributed by atoms with Crippen molar-refractivity contribution >= 4 is 0 Å². The molecule has 0 amide bonds. The Morgan fingerprint density at radius 2 is 2.00 bits per heavy atom. The molecule has 6 aliphatic rings. The Labute approximate surface area is 135 Å². The van der Waals surface area contributed by atoms with Gasteiger partial charge in [0.2, 0.25) is 0 Å². The highest BCUT2D eigenvalue weighted by Crippen LogP contribution is 2.73. The van der Waals surface area contributed by atoms with E-state index in [-0.39, 0.29) is 0 Å². The van der Waals surface area contributed by atoms with Crippen molar-refractivity contribution in [2.45, 2.75) is 58.8 Å². The molecule has 3 unspecified atom stereocenters. The number of fused-ring (bicyclic) bond motifs is 3. The predicted molar refractivity (Wildman–Crippen MR) is 89.2 cm³/mol. The predicted octanol–water partition coefficient (Wildman–Crippen LogP) is 5.34. The molecule has 4 fully saturated rings. The van der Waals surface area contributed by atoms with Crippen LogP contribution in [-0.2, 0) is 4.74 Å². The van der Waals surface area contributed by atoms with Crippen LogP contribution in [0.25, 0.3) is 0 Å². The average Bonchev–Trinajstić information content (AvgIpc) is 2.93. The van der Waals surface area contributed by atoms with E-state index >= 15 is 0 Å². The summed E-state index contributed by atoms with van der Waals surface area (Å²) < 4.78 is 5.55. The van der Waals surface area contributed by atoms with Crippen LogP contribution < -0.4 is 0 Å². The largest absolute Gasteiger partial charge is 0.501 e. The fourth-order valence-electron chi connectivity index (χ4n) is 7.60. The summed E-state index contributed by atoms with van der Waals surface area (Å²) in [5.74, 6) is 6.30. The van der Waals surface area contributed by atoms with Crippen LogP contribution in [0.5, 0.6) is 0 Å². The number of rotatable bonds is 1. The first-order valence-corrected chi connectivity index (χ1v) is 9.51. The van der Waals surface area contributed by atoms with Gasteiger partial charge in [0, 0.05) is 6.42 Å². The molecule has 1 nitrogen and oxygen atoms in total. The summed E-state index contributed by atoms with van der Waals surface area (Å²) >= 11 is 0. The van der Waals surface area contributed by atoms with Gasteiger partial charge < -0.3 is 4.74 Å². The smallest absolute Gasteiger partial charge is 0.0958 e. The van der Waals surface area contributed by atoms with Crippen LogP contribution in [0.3, 0.4) is 0 Å². The Balaban J connectivity index is 1.54. The van der Waals surface area contributed by atoms with Gasteiger partial charge in [0.1, 0.15) is 0 Å². The lowest BCUT2D eigenvalue weighted by atomic mass is 9.49. The molecule has 120 valence electrons. The second-order valence-corrected chi connectivity index (χ2v) is 9.40. The van der Waals surface area contributed by atoms with Crippen molar-refractivity contribution < 1.29 is 4.74 Å². The molecule has 0 aromatic rings. The maximum Gasteiger partial charge on any atom is 0.0958 e. The quantitative estimate of drug-likeness (QED) is 0.635. The standard InChI is InChI=1S/C21H30O/c1-20-8-6-16(22-3)12-14(20)4-5-17-18(20)7-9-21(2)15-10-13(11-15)19(17)21/h4,12-13,15,17-19H,5-11H2,1-3H3/t13?,15?,17?,18?,19?,20-,21+/m0/s1. The molecule has 4 saturated carbocycles. The SMILES string of the molecule is COC1=CC2=CCC3C4C5CC(C5)[C@@]4(C)CCC3[C@@]2(C)CC1. The summed E-state index contributed by atoms with van der Waals surface area (Å²) in [5.41, 5.74) is 2.74. The number of hydrogen-bond acceptors (Lipinski definition) is 1. The summed E-state index contributed by atoms with van der Waals surface area (Å²) in [5, 5.41) is 0. The van der Waals surface area contributed by atoms with E-state index in [4.69, 9.17) is 4.74 Å². The average molecular weight is 298 g/mol. The van der Waals surface area contributed by atoms with Gasteiger partial charge >= 0.3 is 0 Å². The maximum absolute atomic E-state index is 5.55. The van der Waals surface area contributed by atoms with Gasteiger partial charge in [-0.1, -0.05) is 19.9 Å². The number of hydrogen-bond donors (Lipinski definition) is 0. The molecule has 6 rings (SSSR count).